The van der Waals surface area contributed by atoms with Crippen molar-refractivity contribution in [3.8, 4) is 5.69 Å². The van der Waals surface area contributed by atoms with Gasteiger partial charge in [-0.2, -0.15) is 5.10 Å². The van der Waals surface area contributed by atoms with Crippen molar-refractivity contribution in [2.75, 3.05) is 6.54 Å². The molecule has 1 aromatic heterocycles. The second kappa shape index (κ2) is 7.41. The van der Waals surface area contributed by atoms with Gasteiger partial charge < -0.3 is 5.32 Å². The van der Waals surface area contributed by atoms with E-state index in [1.165, 1.54) is 28.1 Å². The number of nitrogens with zero attached hydrogens (tertiary/aromatic N) is 2. The van der Waals surface area contributed by atoms with Gasteiger partial charge in [-0.3, -0.25) is 0 Å². The molecule has 0 fully saturated rings. The van der Waals surface area contributed by atoms with Crippen LogP contribution in [0, 0.1) is 13.8 Å². The molecule has 2 aromatic rings. The Bertz CT molecular complexity index is 584. The molecule has 1 aromatic carbocycles. The van der Waals surface area contributed by atoms with Gasteiger partial charge in [-0.05, 0) is 50.4 Å². The van der Waals surface area contributed by atoms with E-state index in [1.54, 1.807) is 0 Å². The van der Waals surface area contributed by atoms with Gasteiger partial charge in [0.25, 0.3) is 0 Å². The number of aromatic nitrogens is 2. The molecule has 0 aliphatic heterocycles. The highest BCUT2D eigenvalue weighted by atomic mass is 15.3. The number of rotatable bonds is 7. The van der Waals surface area contributed by atoms with Crippen LogP contribution in [0.25, 0.3) is 5.69 Å². The zero-order valence-corrected chi connectivity index (χ0v) is 13.7. The molecule has 114 valence electrons. The average Bonchev–Trinajstić information content (AvgIpc) is 2.85. The number of hydrogen-bond donors (Lipinski definition) is 1. The van der Waals surface area contributed by atoms with Crippen molar-refractivity contribution < 1.29 is 0 Å². The molecule has 3 heteroatoms. The van der Waals surface area contributed by atoms with Crippen LogP contribution in [0.5, 0.6) is 0 Å². The van der Waals surface area contributed by atoms with Crippen LogP contribution >= 0.6 is 0 Å². The fraction of sp³-hybridized carbons (Fsp3) is 0.500. The van der Waals surface area contributed by atoms with Crippen LogP contribution in [0.3, 0.4) is 0 Å². The first kappa shape index (κ1) is 15.8. The Morgan fingerprint density at radius 2 is 1.95 bits per heavy atom. The minimum absolute atomic E-state index is 0.911. The van der Waals surface area contributed by atoms with E-state index in [0.29, 0.717) is 0 Å². The van der Waals surface area contributed by atoms with Gasteiger partial charge in [-0.1, -0.05) is 32.4 Å². The van der Waals surface area contributed by atoms with Crippen LogP contribution in [-0.4, -0.2) is 16.3 Å². The Balaban J connectivity index is 2.36. The van der Waals surface area contributed by atoms with E-state index < -0.39 is 0 Å². The lowest BCUT2D eigenvalue weighted by Crippen LogP contribution is -2.15. The maximum absolute atomic E-state index is 4.66. The minimum atomic E-state index is 0.911. The Kier molecular flexibility index (Phi) is 5.57. The highest BCUT2D eigenvalue weighted by Crippen LogP contribution is 2.21. The molecule has 0 bridgehead atoms. The maximum Gasteiger partial charge on any atom is 0.0680 e. The topological polar surface area (TPSA) is 29.9 Å². The summed E-state index contributed by atoms with van der Waals surface area (Å²) in [6, 6.07) is 6.56. The summed E-state index contributed by atoms with van der Waals surface area (Å²) in [5, 5.41) is 8.15. The summed E-state index contributed by atoms with van der Waals surface area (Å²) in [6.07, 6.45) is 5.39. The molecule has 1 heterocycles. The summed E-state index contributed by atoms with van der Waals surface area (Å²) in [5.41, 5.74) is 6.43. The van der Waals surface area contributed by atoms with Crippen molar-refractivity contribution in [2.45, 2.75) is 53.5 Å². The SMILES string of the molecule is CCCNCc1cnn(-c2cc(C)ccc2C)c1CCC. The third kappa shape index (κ3) is 3.73. The number of nitrogens with one attached hydrogen (secondary N) is 1. The van der Waals surface area contributed by atoms with E-state index in [0.717, 1.165) is 32.4 Å². The van der Waals surface area contributed by atoms with Gasteiger partial charge in [0.15, 0.2) is 0 Å². The molecule has 0 unspecified atom stereocenters. The third-order valence-corrected chi connectivity index (χ3v) is 3.78. The van der Waals surface area contributed by atoms with Crippen LogP contribution in [0.15, 0.2) is 24.4 Å². The van der Waals surface area contributed by atoms with Crippen molar-refractivity contribution in [1.29, 1.82) is 0 Å². The normalized spacial score (nSPS) is 11.0. The molecule has 0 aliphatic carbocycles. The smallest absolute Gasteiger partial charge is 0.0680 e. The van der Waals surface area contributed by atoms with Crippen molar-refractivity contribution in [1.82, 2.24) is 15.1 Å². The highest BCUT2D eigenvalue weighted by Gasteiger charge is 2.13. The maximum atomic E-state index is 4.66. The van der Waals surface area contributed by atoms with Gasteiger partial charge in [-0.15, -0.1) is 0 Å². The Morgan fingerprint density at radius 3 is 2.67 bits per heavy atom. The standard InChI is InChI=1S/C18H27N3/c1-5-7-17-16(12-19-10-6-2)13-20-21(17)18-11-14(3)8-9-15(18)4/h8-9,11,13,19H,5-7,10,12H2,1-4H3. The lowest BCUT2D eigenvalue weighted by molar-refractivity contribution is 0.666. The van der Waals surface area contributed by atoms with Crippen LogP contribution < -0.4 is 5.32 Å². The van der Waals surface area contributed by atoms with E-state index in [4.69, 9.17) is 0 Å². The number of benzene rings is 1. The first-order valence-electron chi connectivity index (χ1n) is 8.01. The summed E-state index contributed by atoms with van der Waals surface area (Å²) in [5.74, 6) is 0. The molecule has 0 aliphatic rings. The monoisotopic (exact) mass is 285 g/mol. The first-order chi connectivity index (χ1) is 10.2. The Morgan fingerprint density at radius 1 is 1.14 bits per heavy atom. The quantitative estimate of drug-likeness (QED) is 0.781. The summed E-state index contributed by atoms with van der Waals surface area (Å²) >= 11 is 0. The van der Waals surface area contributed by atoms with Gasteiger partial charge in [0.05, 0.1) is 11.9 Å². The number of aryl methyl sites for hydroxylation is 2. The van der Waals surface area contributed by atoms with Crippen molar-refractivity contribution >= 4 is 0 Å². The first-order valence-corrected chi connectivity index (χ1v) is 8.01. The van der Waals surface area contributed by atoms with Gasteiger partial charge in [0, 0.05) is 17.8 Å². The Labute approximate surface area is 128 Å². The zero-order chi connectivity index (χ0) is 15.2. The second-order valence-electron chi connectivity index (χ2n) is 5.75. The predicted octanol–water partition coefficient (Wildman–Crippen LogP) is 3.94. The van der Waals surface area contributed by atoms with E-state index in [1.807, 2.05) is 6.20 Å². The molecule has 0 spiro atoms. The molecule has 2 rings (SSSR count). The molecule has 0 amide bonds. The molecule has 3 nitrogen and oxygen atoms in total. The molecule has 21 heavy (non-hydrogen) atoms. The predicted molar refractivity (Wildman–Crippen MR) is 89.0 cm³/mol. The minimum Gasteiger partial charge on any atom is -0.313 e. The van der Waals surface area contributed by atoms with Crippen molar-refractivity contribution in [3.63, 3.8) is 0 Å². The van der Waals surface area contributed by atoms with E-state index in [9.17, 15) is 0 Å². The van der Waals surface area contributed by atoms with Crippen LogP contribution in [0.2, 0.25) is 0 Å². The molecular weight excluding hydrogens is 258 g/mol. The van der Waals surface area contributed by atoms with Crippen molar-refractivity contribution in [3.05, 3.63) is 46.8 Å². The second-order valence-corrected chi connectivity index (χ2v) is 5.75. The summed E-state index contributed by atoms with van der Waals surface area (Å²) in [6.45, 7) is 10.7. The van der Waals surface area contributed by atoms with E-state index >= 15 is 0 Å². The molecule has 0 atom stereocenters. The summed E-state index contributed by atoms with van der Waals surface area (Å²) < 4.78 is 2.13. The molecule has 0 radical (unpaired) electrons. The van der Waals surface area contributed by atoms with Crippen LogP contribution in [-0.2, 0) is 13.0 Å². The zero-order valence-electron chi connectivity index (χ0n) is 13.7. The highest BCUT2D eigenvalue weighted by molar-refractivity contribution is 5.44. The number of hydrogen-bond acceptors (Lipinski definition) is 2. The average molecular weight is 285 g/mol. The summed E-state index contributed by atoms with van der Waals surface area (Å²) in [7, 11) is 0. The molecule has 0 saturated carbocycles. The van der Waals surface area contributed by atoms with E-state index in [-0.39, 0.29) is 0 Å². The van der Waals surface area contributed by atoms with Crippen molar-refractivity contribution in [2.24, 2.45) is 0 Å². The van der Waals surface area contributed by atoms with Gasteiger partial charge in [0.2, 0.25) is 0 Å². The Hall–Kier alpha value is -1.61. The van der Waals surface area contributed by atoms with Crippen LogP contribution in [0.1, 0.15) is 49.1 Å². The van der Waals surface area contributed by atoms with Crippen LogP contribution in [0.4, 0.5) is 0 Å². The molecule has 0 saturated heterocycles. The van der Waals surface area contributed by atoms with E-state index in [2.05, 4.69) is 61.0 Å². The molecular formula is C18H27N3. The lowest BCUT2D eigenvalue weighted by Gasteiger charge is -2.12. The fourth-order valence-electron chi connectivity index (χ4n) is 2.61. The molecule has 1 N–H and O–H groups in total. The lowest BCUT2D eigenvalue weighted by atomic mass is 10.1. The largest absolute Gasteiger partial charge is 0.313 e. The van der Waals surface area contributed by atoms with Gasteiger partial charge >= 0.3 is 0 Å². The summed E-state index contributed by atoms with van der Waals surface area (Å²) in [4.78, 5) is 0. The van der Waals surface area contributed by atoms with Gasteiger partial charge in [0.1, 0.15) is 0 Å². The third-order valence-electron chi connectivity index (χ3n) is 3.78. The van der Waals surface area contributed by atoms with Gasteiger partial charge in [-0.25, -0.2) is 4.68 Å². The fourth-order valence-corrected chi connectivity index (χ4v) is 2.61.